The van der Waals surface area contributed by atoms with Gasteiger partial charge in [0.05, 0.1) is 29.3 Å². The van der Waals surface area contributed by atoms with Gasteiger partial charge in [-0.1, -0.05) is 12.1 Å². The molecule has 0 saturated carbocycles. The van der Waals surface area contributed by atoms with Gasteiger partial charge in [-0.25, -0.2) is 18.1 Å². The number of nitrogens with zero attached hydrogens (tertiary/aromatic N) is 4. The van der Waals surface area contributed by atoms with Gasteiger partial charge >= 0.3 is 0 Å². The van der Waals surface area contributed by atoms with E-state index in [-0.39, 0.29) is 10.9 Å². The van der Waals surface area contributed by atoms with Crippen molar-refractivity contribution in [2.75, 3.05) is 32.5 Å². The van der Waals surface area contributed by atoms with E-state index in [1.165, 1.54) is 24.3 Å². The number of benzene rings is 2. The van der Waals surface area contributed by atoms with E-state index in [9.17, 15) is 18.5 Å². The van der Waals surface area contributed by atoms with Gasteiger partial charge in [0, 0.05) is 30.5 Å². The largest absolute Gasteiger partial charge is 0.497 e. The van der Waals surface area contributed by atoms with Crippen LogP contribution in [0.4, 0.5) is 5.69 Å². The predicted molar refractivity (Wildman–Crippen MR) is 130 cm³/mol. The third-order valence-corrected chi connectivity index (χ3v) is 8.09. The number of fused-ring (bicyclic) bond motifs is 1. The van der Waals surface area contributed by atoms with Crippen molar-refractivity contribution in [2.45, 2.75) is 28.8 Å². The number of para-hydroxylation sites is 1. The van der Waals surface area contributed by atoms with Crippen LogP contribution in [-0.4, -0.2) is 66.7 Å². The Labute approximate surface area is 201 Å². The van der Waals surface area contributed by atoms with Gasteiger partial charge in [0.2, 0.25) is 10.0 Å². The molecular formula is C22H25N5O5S2. The molecule has 0 spiro atoms. The summed E-state index contributed by atoms with van der Waals surface area (Å²) in [6, 6.07) is 10.7. The van der Waals surface area contributed by atoms with Crippen molar-refractivity contribution in [3.05, 3.63) is 58.8 Å². The third kappa shape index (κ3) is 5.81. The van der Waals surface area contributed by atoms with Crippen molar-refractivity contribution in [3.63, 3.8) is 0 Å². The van der Waals surface area contributed by atoms with E-state index >= 15 is 0 Å². The molecule has 0 atom stereocenters. The molecule has 0 amide bonds. The number of nitro groups is 1. The molecule has 12 heteroatoms. The zero-order valence-corrected chi connectivity index (χ0v) is 20.2. The Balaban J connectivity index is 1.27. The lowest BCUT2D eigenvalue weighted by Gasteiger charge is -2.32. The highest BCUT2D eigenvalue weighted by Crippen LogP contribution is 2.25. The molecule has 1 aliphatic rings. The van der Waals surface area contributed by atoms with Crippen LogP contribution in [0.3, 0.4) is 0 Å². The molecule has 1 fully saturated rings. The number of thioether (sulfide) groups is 1. The average Bonchev–Trinajstić information content (AvgIpc) is 2.84. The van der Waals surface area contributed by atoms with Gasteiger partial charge in [-0.15, -0.1) is 11.8 Å². The number of nitrogens with one attached hydrogen (secondary N) is 1. The van der Waals surface area contributed by atoms with E-state index in [2.05, 4.69) is 19.6 Å². The molecule has 0 bridgehead atoms. The molecule has 1 aromatic heterocycles. The van der Waals surface area contributed by atoms with Crippen molar-refractivity contribution < 1.29 is 18.1 Å². The maximum atomic E-state index is 12.7. The van der Waals surface area contributed by atoms with Crippen molar-refractivity contribution in [2.24, 2.45) is 0 Å². The van der Waals surface area contributed by atoms with E-state index in [4.69, 9.17) is 4.74 Å². The minimum Gasteiger partial charge on any atom is -0.497 e. The summed E-state index contributed by atoms with van der Waals surface area (Å²) in [4.78, 5) is 21.6. The normalized spacial score (nSPS) is 15.4. The molecule has 34 heavy (non-hydrogen) atoms. The number of rotatable bonds is 9. The highest BCUT2D eigenvalue weighted by molar-refractivity contribution is 7.99. The van der Waals surface area contributed by atoms with Gasteiger partial charge in [0.1, 0.15) is 10.8 Å². The molecule has 0 radical (unpaired) electrons. The van der Waals surface area contributed by atoms with E-state index in [1.807, 2.05) is 18.2 Å². The number of ether oxygens (including phenoxy) is 1. The summed E-state index contributed by atoms with van der Waals surface area (Å²) in [5.41, 5.74) is 1.19. The van der Waals surface area contributed by atoms with Crippen LogP contribution in [0.25, 0.3) is 11.0 Å². The maximum absolute atomic E-state index is 12.7. The Hall–Kier alpha value is -2.80. The lowest BCUT2D eigenvalue weighted by atomic mass is 10.1. The van der Waals surface area contributed by atoms with Gasteiger partial charge in [0.25, 0.3) is 5.69 Å². The predicted octanol–water partition coefficient (Wildman–Crippen LogP) is 3.08. The van der Waals surface area contributed by atoms with Crippen molar-refractivity contribution in [1.29, 1.82) is 0 Å². The summed E-state index contributed by atoms with van der Waals surface area (Å²) >= 11 is 1.62. The zero-order chi connectivity index (χ0) is 24.1. The van der Waals surface area contributed by atoms with Crippen LogP contribution in [0.2, 0.25) is 0 Å². The monoisotopic (exact) mass is 503 g/mol. The number of methoxy groups -OCH3 is 1. The fourth-order valence-corrected chi connectivity index (χ4v) is 6.17. The summed E-state index contributed by atoms with van der Waals surface area (Å²) in [6.07, 6.45) is 3.05. The molecule has 1 N–H and O–H groups in total. The second kappa shape index (κ2) is 10.6. The summed E-state index contributed by atoms with van der Waals surface area (Å²) in [5, 5.41) is 12.0. The number of piperidine rings is 1. The van der Waals surface area contributed by atoms with Crippen LogP contribution in [0.1, 0.15) is 12.8 Å². The lowest BCUT2D eigenvalue weighted by Crippen LogP contribution is -2.45. The number of hydrogen-bond acceptors (Lipinski definition) is 9. The van der Waals surface area contributed by atoms with E-state index in [0.717, 1.165) is 47.2 Å². The van der Waals surface area contributed by atoms with E-state index < -0.39 is 20.6 Å². The second-order valence-electron chi connectivity index (χ2n) is 7.87. The highest BCUT2D eigenvalue weighted by atomic mass is 32.2. The molecule has 2 heterocycles. The average molecular weight is 504 g/mol. The zero-order valence-electron chi connectivity index (χ0n) is 18.6. The van der Waals surface area contributed by atoms with Gasteiger partial charge in [-0.05, 0) is 44.1 Å². The fourth-order valence-electron chi connectivity index (χ4n) is 3.84. The first kappa shape index (κ1) is 24.3. The van der Waals surface area contributed by atoms with Crippen LogP contribution in [0.5, 0.6) is 5.75 Å². The Morgan fingerprint density at radius 1 is 1.21 bits per heavy atom. The molecule has 4 rings (SSSR count). The van der Waals surface area contributed by atoms with Crippen LogP contribution in [0.15, 0.2) is 58.6 Å². The molecule has 3 aromatic rings. The van der Waals surface area contributed by atoms with Crippen LogP contribution >= 0.6 is 11.8 Å². The fraction of sp³-hybridized carbons (Fsp3) is 0.364. The summed E-state index contributed by atoms with van der Waals surface area (Å²) < 4.78 is 33.3. The quantitative estimate of drug-likeness (QED) is 0.266. The Bertz CT molecular complexity index is 1280. The second-order valence-corrected chi connectivity index (χ2v) is 10.7. The Morgan fingerprint density at radius 3 is 2.71 bits per heavy atom. The Morgan fingerprint density at radius 2 is 1.97 bits per heavy atom. The van der Waals surface area contributed by atoms with Crippen molar-refractivity contribution in [1.82, 2.24) is 19.6 Å². The number of aromatic nitrogens is 2. The first-order valence-electron chi connectivity index (χ1n) is 10.8. The third-order valence-electron chi connectivity index (χ3n) is 5.65. The lowest BCUT2D eigenvalue weighted by molar-refractivity contribution is -0.387. The minimum absolute atomic E-state index is 0.255. The summed E-state index contributed by atoms with van der Waals surface area (Å²) in [7, 11) is -2.35. The van der Waals surface area contributed by atoms with Crippen LogP contribution < -0.4 is 9.46 Å². The van der Waals surface area contributed by atoms with Gasteiger partial charge < -0.3 is 9.64 Å². The highest BCUT2D eigenvalue weighted by Gasteiger charge is 2.29. The number of sulfonamides is 1. The van der Waals surface area contributed by atoms with Crippen molar-refractivity contribution >= 4 is 38.5 Å². The SMILES string of the molecule is COc1ccc2ncc(SCCN3CCC(NS(=O)(=O)c4ccccc4[N+](=O)[O-])CC3)nc2c1. The molecule has 1 aliphatic heterocycles. The molecular weight excluding hydrogens is 478 g/mol. The summed E-state index contributed by atoms with van der Waals surface area (Å²) in [6.45, 7) is 2.32. The first-order chi connectivity index (χ1) is 16.4. The molecule has 180 valence electrons. The maximum Gasteiger partial charge on any atom is 0.289 e. The van der Waals surface area contributed by atoms with Crippen LogP contribution in [-0.2, 0) is 10.0 Å². The van der Waals surface area contributed by atoms with Crippen molar-refractivity contribution in [3.8, 4) is 5.75 Å². The molecule has 0 aliphatic carbocycles. The van der Waals surface area contributed by atoms with Gasteiger partial charge in [0.15, 0.2) is 4.90 Å². The first-order valence-corrected chi connectivity index (χ1v) is 13.2. The molecule has 1 saturated heterocycles. The summed E-state index contributed by atoms with van der Waals surface area (Å²) in [5.74, 6) is 1.57. The number of nitro benzene ring substituents is 1. The smallest absolute Gasteiger partial charge is 0.289 e. The molecule has 0 unspecified atom stereocenters. The van der Waals surface area contributed by atoms with E-state index in [0.29, 0.717) is 12.8 Å². The van der Waals surface area contributed by atoms with E-state index in [1.54, 1.807) is 25.1 Å². The number of hydrogen-bond donors (Lipinski definition) is 1. The number of likely N-dealkylation sites (tertiary alicyclic amines) is 1. The topological polar surface area (TPSA) is 128 Å². The van der Waals surface area contributed by atoms with Gasteiger partial charge in [-0.3, -0.25) is 15.1 Å². The Kier molecular flexibility index (Phi) is 7.61. The van der Waals surface area contributed by atoms with Crippen LogP contribution in [0, 0.1) is 10.1 Å². The molecule has 10 nitrogen and oxygen atoms in total. The molecule has 2 aromatic carbocycles. The minimum atomic E-state index is -3.97. The van der Waals surface area contributed by atoms with Gasteiger partial charge in [-0.2, -0.15) is 0 Å². The standard InChI is InChI=1S/C22H25N5O5S2/c1-32-17-6-7-18-19(14-17)24-22(15-23-18)33-13-12-26-10-8-16(9-11-26)25-34(30,31)21-5-3-2-4-20(21)27(28)29/h2-7,14-16,25H,8-13H2,1H3.